The standard InChI is InChI=1S/C15H27N3O2/c1-6-12(4)16-10-13-9-14(11(2)3)17-18(15(13)19)7-8-20-5/h9,11-12,16H,6-8,10H2,1-5H3. The van der Waals surface area contributed by atoms with E-state index in [1.165, 1.54) is 4.68 Å². The van der Waals surface area contributed by atoms with Gasteiger partial charge < -0.3 is 10.1 Å². The predicted octanol–water partition coefficient (Wildman–Crippen LogP) is 1.90. The molecule has 0 spiro atoms. The van der Waals surface area contributed by atoms with E-state index in [4.69, 9.17) is 4.74 Å². The first-order valence-electron chi connectivity index (χ1n) is 7.32. The molecule has 1 aromatic rings. The minimum Gasteiger partial charge on any atom is -0.383 e. The molecule has 0 aliphatic heterocycles. The van der Waals surface area contributed by atoms with Crippen LogP contribution < -0.4 is 10.9 Å². The molecule has 1 rings (SSSR count). The van der Waals surface area contributed by atoms with Crippen molar-refractivity contribution in [3.63, 3.8) is 0 Å². The predicted molar refractivity (Wildman–Crippen MR) is 81.1 cm³/mol. The zero-order chi connectivity index (χ0) is 15.1. The Hall–Kier alpha value is -1.20. The summed E-state index contributed by atoms with van der Waals surface area (Å²) in [6.45, 7) is 9.98. The van der Waals surface area contributed by atoms with Crippen molar-refractivity contribution in [2.75, 3.05) is 13.7 Å². The van der Waals surface area contributed by atoms with E-state index in [0.717, 1.165) is 17.7 Å². The summed E-state index contributed by atoms with van der Waals surface area (Å²) in [5.41, 5.74) is 1.70. The molecule has 0 aromatic carbocycles. The molecule has 5 heteroatoms. The third-order valence-corrected chi connectivity index (χ3v) is 3.42. The van der Waals surface area contributed by atoms with Gasteiger partial charge in [-0.3, -0.25) is 4.79 Å². The van der Waals surface area contributed by atoms with Crippen LogP contribution in [0.4, 0.5) is 0 Å². The fourth-order valence-corrected chi connectivity index (χ4v) is 1.79. The van der Waals surface area contributed by atoms with E-state index < -0.39 is 0 Å². The molecule has 1 aromatic heterocycles. The lowest BCUT2D eigenvalue weighted by Crippen LogP contribution is -2.33. The molecule has 1 heterocycles. The van der Waals surface area contributed by atoms with Gasteiger partial charge in [-0.1, -0.05) is 20.8 Å². The third-order valence-electron chi connectivity index (χ3n) is 3.42. The normalized spacial score (nSPS) is 12.9. The van der Waals surface area contributed by atoms with Crippen molar-refractivity contribution in [1.82, 2.24) is 15.1 Å². The highest BCUT2D eigenvalue weighted by atomic mass is 16.5. The first-order valence-corrected chi connectivity index (χ1v) is 7.32. The summed E-state index contributed by atoms with van der Waals surface area (Å²) in [6.07, 6.45) is 1.04. The molecule has 1 unspecified atom stereocenters. The Morgan fingerprint density at radius 1 is 1.40 bits per heavy atom. The average Bonchev–Trinajstić information content (AvgIpc) is 2.44. The number of aromatic nitrogens is 2. The molecule has 0 bridgehead atoms. The number of hydrogen-bond donors (Lipinski definition) is 1. The third kappa shape index (κ3) is 4.72. The molecular weight excluding hydrogens is 254 g/mol. The van der Waals surface area contributed by atoms with Crippen molar-refractivity contribution in [2.45, 2.75) is 59.2 Å². The van der Waals surface area contributed by atoms with Crippen LogP contribution in [-0.2, 0) is 17.8 Å². The van der Waals surface area contributed by atoms with Gasteiger partial charge in [0, 0.05) is 25.3 Å². The molecule has 0 radical (unpaired) electrons. The summed E-state index contributed by atoms with van der Waals surface area (Å²) in [5.74, 6) is 0.298. The Labute approximate surface area is 121 Å². The summed E-state index contributed by atoms with van der Waals surface area (Å²) in [4.78, 5) is 12.4. The largest absolute Gasteiger partial charge is 0.383 e. The molecule has 0 fully saturated rings. The zero-order valence-corrected chi connectivity index (χ0v) is 13.3. The number of nitrogens with one attached hydrogen (secondary N) is 1. The Morgan fingerprint density at radius 2 is 2.10 bits per heavy atom. The maximum Gasteiger partial charge on any atom is 0.271 e. The van der Waals surface area contributed by atoms with E-state index in [1.807, 2.05) is 6.07 Å². The highest BCUT2D eigenvalue weighted by Crippen LogP contribution is 2.10. The van der Waals surface area contributed by atoms with E-state index >= 15 is 0 Å². The molecule has 0 saturated heterocycles. The number of ether oxygens (including phenoxy) is 1. The van der Waals surface area contributed by atoms with Crippen LogP contribution in [0.5, 0.6) is 0 Å². The van der Waals surface area contributed by atoms with E-state index in [0.29, 0.717) is 31.7 Å². The SMILES string of the molecule is CCC(C)NCc1cc(C(C)C)nn(CCOC)c1=O. The van der Waals surface area contributed by atoms with Crippen LogP contribution in [0, 0.1) is 0 Å². The van der Waals surface area contributed by atoms with Gasteiger partial charge in [0.2, 0.25) is 0 Å². The first-order chi connectivity index (χ1) is 9.49. The minimum atomic E-state index is -0.0257. The second-order valence-electron chi connectivity index (χ2n) is 5.46. The topological polar surface area (TPSA) is 56.1 Å². The number of hydrogen-bond acceptors (Lipinski definition) is 4. The Morgan fingerprint density at radius 3 is 2.65 bits per heavy atom. The summed E-state index contributed by atoms with van der Waals surface area (Å²) in [6, 6.07) is 2.32. The van der Waals surface area contributed by atoms with Gasteiger partial charge in [0.25, 0.3) is 5.56 Å². The number of methoxy groups -OCH3 is 1. The van der Waals surface area contributed by atoms with E-state index in [1.54, 1.807) is 7.11 Å². The number of rotatable bonds is 8. The van der Waals surface area contributed by atoms with Crippen molar-refractivity contribution in [3.05, 3.63) is 27.7 Å². The molecular formula is C15H27N3O2. The monoisotopic (exact) mass is 281 g/mol. The van der Waals surface area contributed by atoms with Gasteiger partial charge in [0.15, 0.2) is 0 Å². The molecule has 0 aliphatic rings. The molecule has 114 valence electrons. The quantitative estimate of drug-likeness (QED) is 0.790. The highest BCUT2D eigenvalue weighted by molar-refractivity contribution is 5.16. The van der Waals surface area contributed by atoms with Gasteiger partial charge in [-0.15, -0.1) is 0 Å². The van der Waals surface area contributed by atoms with Crippen LogP contribution in [0.25, 0.3) is 0 Å². The molecule has 5 nitrogen and oxygen atoms in total. The minimum absolute atomic E-state index is 0.0257. The van der Waals surface area contributed by atoms with Crippen LogP contribution in [0.1, 0.15) is 51.3 Å². The first kappa shape index (κ1) is 16.9. The van der Waals surface area contributed by atoms with Crippen LogP contribution >= 0.6 is 0 Å². The Balaban J connectivity index is 3.01. The maximum absolute atomic E-state index is 12.4. The van der Waals surface area contributed by atoms with Crippen molar-refractivity contribution >= 4 is 0 Å². The van der Waals surface area contributed by atoms with Gasteiger partial charge in [-0.2, -0.15) is 5.10 Å². The van der Waals surface area contributed by atoms with Crippen LogP contribution in [0.15, 0.2) is 10.9 Å². The average molecular weight is 281 g/mol. The summed E-state index contributed by atoms with van der Waals surface area (Å²) < 4.78 is 6.56. The zero-order valence-electron chi connectivity index (χ0n) is 13.3. The fourth-order valence-electron chi connectivity index (χ4n) is 1.79. The van der Waals surface area contributed by atoms with Crippen molar-refractivity contribution in [3.8, 4) is 0 Å². The maximum atomic E-state index is 12.4. The summed E-state index contributed by atoms with van der Waals surface area (Å²) >= 11 is 0. The highest BCUT2D eigenvalue weighted by Gasteiger charge is 2.11. The van der Waals surface area contributed by atoms with Crippen LogP contribution in [0.3, 0.4) is 0 Å². The molecule has 20 heavy (non-hydrogen) atoms. The lowest BCUT2D eigenvalue weighted by molar-refractivity contribution is 0.181. The second kappa shape index (κ2) is 8.17. The fraction of sp³-hybridized carbons (Fsp3) is 0.733. The molecule has 1 atom stereocenters. The van der Waals surface area contributed by atoms with Crippen molar-refractivity contribution < 1.29 is 4.74 Å². The van der Waals surface area contributed by atoms with Crippen molar-refractivity contribution in [2.24, 2.45) is 0 Å². The van der Waals surface area contributed by atoms with Gasteiger partial charge >= 0.3 is 0 Å². The van der Waals surface area contributed by atoms with Gasteiger partial charge in [0.05, 0.1) is 18.8 Å². The molecule has 0 amide bonds. The van der Waals surface area contributed by atoms with Crippen molar-refractivity contribution in [1.29, 1.82) is 0 Å². The van der Waals surface area contributed by atoms with Crippen LogP contribution in [-0.4, -0.2) is 29.5 Å². The summed E-state index contributed by atoms with van der Waals surface area (Å²) in [7, 11) is 1.63. The lowest BCUT2D eigenvalue weighted by atomic mass is 10.1. The Bertz CT molecular complexity index is 469. The molecule has 0 saturated carbocycles. The summed E-state index contributed by atoms with van der Waals surface area (Å²) in [5, 5.41) is 7.78. The van der Waals surface area contributed by atoms with Gasteiger partial charge in [0.1, 0.15) is 0 Å². The smallest absolute Gasteiger partial charge is 0.271 e. The van der Waals surface area contributed by atoms with E-state index in [9.17, 15) is 4.79 Å². The lowest BCUT2D eigenvalue weighted by Gasteiger charge is -2.14. The van der Waals surface area contributed by atoms with E-state index in [-0.39, 0.29) is 5.56 Å². The Kier molecular flexibility index (Phi) is 6.88. The number of nitrogens with zero attached hydrogens (tertiary/aromatic N) is 2. The van der Waals surface area contributed by atoms with Gasteiger partial charge in [-0.05, 0) is 25.3 Å². The second-order valence-corrected chi connectivity index (χ2v) is 5.46. The molecule has 1 N–H and O–H groups in total. The van der Waals surface area contributed by atoms with Crippen LogP contribution in [0.2, 0.25) is 0 Å². The molecule has 0 aliphatic carbocycles. The van der Waals surface area contributed by atoms with E-state index in [2.05, 4.69) is 38.1 Å². The van der Waals surface area contributed by atoms with Gasteiger partial charge in [-0.25, -0.2) is 4.68 Å².